The molecule has 2 rings (SSSR count). The van der Waals surface area contributed by atoms with E-state index >= 15 is 0 Å². The molecule has 1 fully saturated rings. The molecule has 0 spiro atoms. The van der Waals surface area contributed by atoms with Gasteiger partial charge in [0.2, 0.25) is 0 Å². The fourth-order valence-corrected chi connectivity index (χ4v) is 2.47. The average molecular weight is 308 g/mol. The molecule has 1 unspecified atom stereocenters. The van der Waals surface area contributed by atoms with E-state index in [-0.39, 0.29) is 5.75 Å². The molecular weight excluding hydrogens is 284 g/mol. The lowest BCUT2D eigenvalue weighted by molar-refractivity contribution is 0.0635. The fraction of sp³-hybridized carbons (Fsp3) is 0.562. The molecule has 0 aromatic heterocycles. The molecule has 3 N–H and O–H groups in total. The molecule has 1 atom stereocenters. The lowest BCUT2D eigenvalue weighted by Crippen LogP contribution is -2.27. The van der Waals surface area contributed by atoms with Crippen LogP contribution in [0.4, 0.5) is 10.5 Å². The van der Waals surface area contributed by atoms with Crippen LogP contribution in [0.25, 0.3) is 0 Å². The normalized spacial score (nSPS) is 18.1. The van der Waals surface area contributed by atoms with Gasteiger partial charge in [-0.05, 0) is 57.4 Å². The summed E-state index contributed by atoms with van der Waals surface area (Å²) in [6, 6.07) is 3.59. The Labute approximate surface area is 130 Å². The minimum Gasteiger partial charge on any atom is -0.503 e. The molecule has 1 aromatic rings. The van der Waals surface area contributed by atoms with Crippen LogP contribution in [-0.4, -0.2) is 37.0 Å². The van der Waals surface area contributed by atoms with Gasteiger partial charge < -0.3 is 19.9 Å². The maximum atomic E-state index is 11.9. The number of phenolic OH excluding ortho intramolecular Hbond substituents is 1. The highest BCUT2D eigenvalue weighted by atomic mass is 16.6. The number of methoxy groups -OCH3 is 1. The highest BCUT2D eigenvalue weighted by Gasteiger charge is 2.22. The molecule has 1 aliphatic rings. The van der Waals surface area contributed by atoms with Crippen molar-refractivity contribution < 1.29 is 19.4 Å². The van der Waals surface area contributed by atoms with E-state index in [0.717, 1.165) is 25.1 Å². The molecule has 6 nitrogen and oxygen atoms in total. The summed E-state index contributed by atoms with van der Waals surface area (Å²) in [6.45, 7) is 7.19. The number of hydrogen-bond donors (Lipinski definition) is 3. The summed E-state index contributed by atoms with van der Waals surface area (Å²) < 4.78 is 10.4. The Morgan fingerprint density at radius 1 is 1.41 bits per heavy atom. The summed E-state index contributed by atoms with van der Waals surface area (Å²) in [6.07, 6.45) is 0.409. The van der Waals surface area contributed by atoms with Crippen LogP contribution in [0.1, 0.15) is 38.7 Å². The number of nitrogens with one attached hydrogen (secondary N) is 2. The monoisotopic (exact) mass is 308 g/mol. The molecule has 1 aromatic carbocycles. The van der Waals surface area contributed by atoms with Crippen molar-refractivity contribution in [3.8, 4) is 11.5 Å². The van der Waals surface area contributed by atoms with Gasteiger partial charge in [-0.3, -0.25) is 5.32 Å². The second-order valence-corrected chi connectivity index (χ2v) is 6.44. The zero-order valence-electron chi connectivity index (χ0n) is 13.5. The Kier molecular flexibility index (Phi) is 4.81. The van der Waals surface area contributed by atoms with Gasteiger partial charge in [-0.15, -0.1) is 0 Å². The molecule has 1 aliphatic heterocycles. The summed E-state index contributed by atoms with van der Waals surface area (Å²) in [7, 11) is 1.49. The van der Waals surface area contributed by atoms with E-state index in [9.17, 15) is 9.90 Å². The van der Waals surface area contributed by atoms with Crippen molar-refractivity contribution in [1.82, 2.24) is 5.32 Å². The highest BCUT2D eigenvalue weighted by molar-refractivity contribution is 5.88. The molecule has 0 radical (unpaired) electrons. The van der Waals surface area contributed by atoms with Crippen LogP contribution in [-0.2, 0) is 4.74 Å². The number of carbonyl (C=O) groups excluding carboxylic acids is 1. The third-order valence-corrected chi connectivity index (χ3v) is 3.48. The van der Waals surface area contributed by atoms with Gasteiger partial charge in [0.25, 0.3) is 0 Å². The van der Waals surface area contributed by atoms with Crippen LogP contribution in [0.2, 0.25) is 0 Å². The quantitative estimate of drug-likeness (QED) is 0.748. The first-order valence-electron chi connectivity index (χ1n) is 7.42. The SMILES string of the molecule is COc1cc(C2CCNC2)cc(NC(=O)OC(C)(C)C)c1O. The summed E-state index contributed by atoms with van der Waals surface area (Å²) >= 11 is 0. The lowest BCUT2D eigenvalue weighted by atomic mass is 9.97. The maximum Gasteiger partial charge on any atom is 0.412 e. The number of phenols is 1. The lowest BCUT2D eigenvalue weighted by Gasteiger charge is -2.21. The van der Waals surface area contributed by atoms with Gasteiger partial charge in [-0.2, -0.15) is 0 Å². The smallest absolute Gasteiger partial charge is 0.412 e. The van der Waals surface area contributed by atoms with Gasteiger partial charge in [-0.1, -0.05) is 0 Å². The highest BCUT2D eigenvalue weighted by Crippen LogP contribution is 2.39. The fourth-order valence-electron chi connectivity index (χ4n) is 2.47. The minimum absolute atomic E-state index is 0.0944. The standard InChI is InChI=1S/C16H24N2O4/c1-16(2,3)22-15(20)18-12-7-11(10-5-6-17-9-10)8-13(21-4)14(12)19/h7-8,10,17,19H,5-6,9H2,1-4H3,(H,18,20). The average Bonchev–Trinajstić information content (AvgIpc) is 2.92. The van der Waals surface area contributed by atoms with Gasteiger partial charge >= 0.3 is 6.09 Å². The summed E-state index contributed by atoms with van der Waals surface area (Å²) in [5.41, 5.74) is 0.720. The topological polar surface area (TPSA) is 79.8 Å². The first-order chi connectivity index (χ1) is 10.3. The molecule has 1 amide bonds. The first kappa shape index (κ1) is 16.4. The number of rotatable bonds is 3. The van der Waals surface area contributed by atoms with Crippen molar-refractivity contribution in [3.05, 3.63) is 17.7 Å². The predicted molar refractivity (Wildman–Crippen MR) is 84.7 cm³/mol. The number of anilines is 1. The van der Waals surface area contributed by atoms with Crippen LogP contribution >= 0.6 is 0 Å². The number of amides is 1. The van der Waals surface area contributed by atoms with E-state index in [1.54, 1.807) is 26.8 Å². The number of aromatic hydroxyl groups is 1. The van der Waals surface area contributed by atoms with Gasteiger partial charge in [-0.25, -0.2) is 4.79 Å². The number of hydrogen-bond acceptors (Lipinski definition) is 5. The molecule has 1 heterocycles. The number of benzene rings is 1. The third kappa shape index (κ3) is 4.04. The van der Waals surface area contributed by atoms with Gasteiger partial charge in [0.1, 0.15) is 5.60 Å². The van der Waals surface area contributed by atoms with Crippen molar-refractivity contribution in [3.63, 3.8) is 0 Å². The van der Waals surface area contributed by atoms with Crippen molar-refractivity contribution in [2.24, 2.45) is 0 Å². The molecule has 22 heavy (non-hydrogen) atoms. The second-order valence-electron chi connectivity index (χ2n) is 6.44. The minimum atomic E-state index is -0.605. The Bertz CT molecular complexity index is 546. The molecular formula is C16H24N2O4. The predicted octanol–water partition coefficient (Wildman–Crippen LogP) is 2.82. The van der Waals surface area contributed by atoms with Crippen molar-refractivity contribution in [2.75, 3.05) is 25.5 Å². The van der Waals surface area contributed by atoms with E-state index in [4.69, 9.17) is 9.47 Å². The van der Waals surface area contributed by atoms with E-state index in [2.05, 4.69) is 10.6 Å². The van der Waals surface area contributed by atoms with Crippen molar-refractivity contribution in [2.45, 2.75) is 38.7 Å². The Morgan fingerprint density at radius 3 is 2.68 bits per heavy atom. The summed E-state index contributed by atoms with van der Waals surface area (Å²) in [5.74, 6) is 0.590. The maximum absolute atomic E-state index is 11.9. The van der Waals surface area contributed by atoms with Crippen LogP contribution < -0.4 is 15.4 Å². The van der Waals surface area contributed by atoms with Crippen LogP contribution in [0.15, 0.2) is 12.1 Å². The van der Waals surface area contributed by atoms with Gasteiger partial charge in [0.05, 0.1) is 12.8 Å². The second kappa shape index (κ2) is 6.44. The molecule has 0 saturated carbocycles. The van der Waals surface area contributed by atoms with E-state index in [1.165, 1.54) is 7.11 Å². The van der Waals surface area contributed by atoms with Crippen LogP contribution in [0.5, 0.6) is 11.5 Å². The zero-order chi connectivity index (χ0) is 16.3. The zero-order valence-corrected chi connectivity index (χ0v) is 13.5. The van der Waals surface area contributed by atoms with E-state index < -0.39 is 11.7 Å². The Hall–Kier alpha value is -1.95. The molecule has 0 bridgehead atoms. The molecule has 6 heteroatoms. The first-order valence-corrected chi connectivity index (χ1v) is 7.42. The van der Waals surface area contributed by atoms with Gasteiger partial charge in [0, 0.05) is 6.54 Å². The van der Waals surface area contributed by atoms with Crippen molar-refractivity contribution >= 4 is 11.8 Å². The number of ether oxygens (including phenoxy) is 2. The van der Waals surface area contributed by atoms with Crippen molar-refractivity contribution in [1.29, 1.82) is 0 Å². The summed E-state index contributed by atoms with van der Waals surface area (Å²) in [4.78, 5) is 11.9. The Morgan fingerprint density at radius 2 is 2.14 bits per heavy atom. The third-order valence-electron chi connectivity index (χ3n) is 3.48. The van der Waals surface area contributed by atoms with Crippen LogP contribution in [0, 0.1) is 0 Å². The Balaban J connectivity index is 2.25. The summed E-state index contributed by atoms with van der Waals surface area (Å²) in [5, 5.41) is 16.1. The largest absolute Gasteiger partial charge is 0.503 e. The van der Waals surface area contributed by atoms with Gasteiger partial charge in [0.15, 0.2) is 11.5 Å². The molecule has 0 aliphatic carbocycles. The van der Waals surface area contributed by atoms with Crippen LogP contribution in [0.3, 0.4) is 0 Å². The molecule has 1 saturated heterocycles. The van der Waals surface area contributed by atoms with E-state index in [1.807, 2.05) is 6.07 Å². The molecule has 122 valence electrons. The number of carbonyl (C=O) groups is 1. The van der Waals surface area contributed by atoms with E-state index in [0.29, 0.717) is 17.4 Å².